The Morgan fingerprint density at radius 3 is 2.26 bits per heavy atom. The summed E-state index contributed by atoms with van der Waals surface area (Å²) < 4.78 is 3.24. The summed E-state index contributed by atoms with van der Waals surface area (Å²) in [4.78, 5) is 25.9. The van der Waals surface area contributed by atoms with Crippen LogP contribution in [0.25, 0.3) is 11.0 Å². The molecule has 1 amide bonds. The third kappa shape index (κ3) is 2.28. The van der Waals surface area contributed by atoms with E-state index < -0.39 is 0 Å². The van der Waals surface area contributed by atoms with Crippen LogP contribution in [0.5, 0.6) is 0 Å². The average Bonchev–Trinajstić information content (AvgIpc) is 2.70. The molecule has 5 nitrogen and oxygen atoms in total. The Morgan fingerprint density at radius 1 is 1.16 bits per heavy atom. The van der Waals surface area contributed by atoms with Gasteiger partial charge in [-0.2, -0.15) is 0 Å². The lowest BCUT2D eigenvalue weighted by Gasteiger charge is -2.14. The van der Waals surface area contributed by atoms with Gasteiger partial charge in [-0.3, -0.25) is 13.9 Å². The van der Waals surface area contributed by atoms with E-state index in [1.54, 1.807) is 21.1 Å². The maximum atomic E-state index is 12.3. The number of imidazole rings is 1. The largest absolute Gasteiger partial charge is 0.344 e. The fraction of sp³-hybridized carbons (Fsp3) is 0.429. The zero-order valence-electron chi connectivity index (χ0n) is 11.6. The Hall–Kier alpha value is -2.04. The molecule has 0 spiro atoms. The van der Waals surface area contributed by atoms with Crippen molar-refractivity contribution in [3.05, 3.63) is 34.7 Å². The van der Waals surface area contributed by atoms with E-state index in [1.165, 1.54) is 0 Å². The second kappa shape index (κ2) is 5.30. The number of hydrogen-bond donors (Lipinski definition) is 0. The normalized spacial score (nSPS) is 10.9. The number of aromatic nitrogens is 2. The third-order valence-corrected chi connectivity index (χ3v) is 3.43. The number of carbonyl (C=O) groups excluding carboxylic acids is 1. The molecule has 0 aliphatic heterocycles. The van der Waals surface area contributed by atoms with E-state index >= 15 is 0 Å². The second-order valence-corrected chi connectivity index (χ2v) is 4.51. The molecule has 1 aromatic heterocycles. The Bertz CT molecular complexity index is 654. The molecule has 0 aliphatic carbocycles. The first-order chi connectivity index (χ1) is 9.10. The van der Waals surface area contributed by atoms with Crippen molar-refractivity contribution in [2.45, 2.75) is 26.9 Å². The molecule has 102 valence electrons. The first-order valence-electron chi connectivity index (χ1n) is 6.52. The molecule has 0 atom stereocenters. The third-order valence-electron chi connectivity index (χ3n) is 3.43. The number of fused-ring (bicyclic) bond motifs is 1. The van der Waals surface area contributed by atoms with Gasteiger partial charge in [-0.1, -0.05) is 12.1 Å². The minimum atomic E-state index is -0.124. The van der Waals surface area contributed by atoms with Gasteiger partial charge in [-0.15, -0.1) is 0 Å². The minimum Gasteiger partial charge on any atom is -0.344 e. The van der Waals surface area contributed by atoms with Crippen LogP contribution < -0.4 is 5.69 Å². The van der Waals surface area contributed by atoms with Crippen LogP contribution in [0, 0.1) is 0 Å². The van der Waals surface area contributed by atoms with E-state index in [9.17, 15) is 9.59 Å². The summed E-state index contributed by atoms with van der Waals surface area (Å²) in [6, 6.07) is 7.57. The molecule has 2 aromatic rings. The highest BCUT2D eigenvalue weighted by Gasteiger charge is 2.15. The van der Waals surface area contributed by atoms with E-state index in [4.69, 9.17) is 0 Å². The molecule has 5 heteroatoms. The Morgan fingerprint density at radius 2 is 1.74 bits per heavy atom. The Labute approximate surface area is 112 Å². The highest BCUT2D eigenvalue weighted by atomic mass is 16.2. The minimum absolute atomic E-state index is 0.0522. The summed E-state index contributed by atoms with van der Waals surface area (Å²) in [7, 11) is 1.74. The van der Waals surface area contributed by atoms with Crippen LogP contribution in [0.2, 0.25) is 0 Å². The number of carbonyl (C=O) groups is 1. The number of hydrogen-bond acceptors (Lipinski definition) is 2. The second-order valence-electron chi connectivity index (χ2n) is 4.51. The topological polar surface area (TPSA) is 47.2 Å². The highest BCUT2D eigenvalue weighted by molar-refractivity contribution is 5.80. The predicted molar refractivity (Wildman–Crippen MR) is 75.2 cm³/mol. The van der Waals surface area contributed by atoms with Crippen molar-refractivity contribution in [1.29, 1.82) is 0 Å². The molecule has 0 fully saturated rings. The molecule has 1 aromatic carbocycles. The fourth-order valence-electron chi connectivity index (χ4n) is 2.16. The van der Waals surface area contributed by atoms with Crippen molar-refractivity contribution in [1.82, 2.24) is 14.0 Å². The molecule has 0 radical (unpaired) electrons. The first kappa shape index (κ1) is 13.4. The maximum Gasteiger partial charge on any atom is 0.329 e. The van der Waals surface area contributed by atoms with Gasteiger partial charge in [0, 0.05) is 20.1 Å². The molecule has 1 heterocycles. The SMILES string of the molecule is CCN(C)C(=O)Cn1c(=O)n(CC)c2ccccc21. The number of aryl methyl sites for hydroxylation is 1. The van der Waals surface area contributed by atoms with Gasteiger partial charge >= 0.3 is 5.69 Å². The van der Waals surface area contributed by atoms with E-state index in [0.29, 0.717) is 13.1 Å². The molecule has 0 saturated heterocycles. The molecule has 0 bridgehead atoms. The van der Waals surface area contributed by atoms with Gasteiger partial charge in [0.25, 0.3) is 0 Å². The standard InChI is InChI=1S/C14H19N3O2/c1-4-15(3)13(18)10-17-12-9-7-6-8-11(12)16(5-2)14(17)19/h6-9H,4-5,10H2,1-3H3. The van der Waals surface area contributed by atoms with E-state index in [2.05, 4.69) is 0 Å². The molecule has 0 aliphatic rings. The molecule has 0 saturated carbocycles. The molecule has 2 rings (SSSR count). The van der Waals surface area contributed by atoms with Crippen molar-refractivity contribution in [2.24, 2.45) is 0 Å². The fourth-order valence-corrected chi connectivity index (χ4v) is 2.16. The summed E-state index contributed by atoms with van der Waals surface area (Å²) >= 11 is 0. The van der Waals surface area contributed by atoms with Crippen molar-refractivity contribution in [3.8, 4) is 0 Å². The van der Waals surface area contributed by atoms with Crippen LogP contribution in [0.4, 0.5) is 0 Å². The molecule has 19 heavy (non-hydrogen) atoms. The van der Waals surface area contributed by atoms with Crippen LogP contribution >= 0.6 is 0 Å². The lowest BCUT2D eigenvalue weighted by molar-refractivity contribution is -0.130. The van der Waals surface area contributed by atoms with Crippen molar-refractivity contribution in [3.63, 3.8) is 0 Å². The zero-order chi connectivity index (χ0) is 14.0. The summed E-state index contributed by atoms with van der Waals surface area (Å²) in [5.74, 6) is -0.0522. The van der Waals surface area contributed by atoms with Gasteiger partial charge in [0.05, 0.1) is 11.0 Å². The van der Waals surface area contributed by atoms with Gasteiger partial charge in [-0.05, 0) is 26.0 Å². The van der Waals surface area contributed by atoms with Crippen LogP contribution in [0.1, 0.15) is 13.8 Å². The summed E-state index contributed by atoms with van der Waals surface area (Å²) in [6.45, 7) is 5.18. The quantitative estimate of drug-likeness (QED) is 0.833. The molecule has 0 N–H and O–H groups in total. The van der Waals surface area contributed by atoms with Crippen molar-refractivity contribution in [2.75, 3.05) is 13.6 Å². The van der Waals surface area contributed by atoms with Crippen LogP contribution in [-0.2, 0) is 17.9 Å². The van der Waals surface area contributed by atoms with Gasteiger partial charge in [0.2, 0.25) is 5.91 Å². The Kier molecular flexibility index (Phi) is 3.74. The van der Waals surface area contributed by atoms with Crippen LogP contribution in [0.3, 0.4) is 0 Å². The summed E-state index contributed by atoms with van der Waals surface area (Å²) in [5.41, 5.74) is 1.57. The van der Waals surface area contributed by atoms with Gasteiger partial charge in [0.15, 0.2) is 0 Å². The summed E-state index contributed by atoms with van der Waals surface area (Å²) in [6.07, 6.45) is 0. The number of rotatable bonds is 4. The monoisotopic (exact) mass is 261 g/mol. The lowest BCUT2D eigenvalue weighted by Crippen LogP contribution is -2.34. The Balaban J connectivity index is 2.52. The molecular formula is C14H19N3O2. The first-order valence-corrected chi connectivity index (χ1v) is 6.52. The van der Waals surface area contributed by atoms with Crippen LogP contribution in [0.15, 0.2) is 29.1 Å². The maximum absolute atomic E-state index is 12.3. The van der Waals surface area contributed by atoms with Crippen molar-refractivity contribution >= 4 is 16.9 Å². The van der Waals surface area contributed by atoms with Gasteiger partial charge in [0.1, 0.15) is 6.54 Å². The number of amides is 1. The average molecular weight is 261 g/mol. The smallest absolute Gasteiger partial charge is 0.329 e. The molecular weight excluding hydrogens is 242 g/mol. The predicted octanol–water partition coefficient (Wildman–Crippen LogP) is 1.30. The zero-order valence-corrected chi connectivity index (χ0v) is 11.6. The number of likely N-dealkylation sites (N-methyl/N-ethyl adjacent to an activating group) is 1. The van der Waals surface area contributed by atoms with E-state index in [1.807, 2.05) is 38.1 Å². The number of benzene rings is 1. The lowest BCUT2D eigenvalue weighted by atomic mass is 10.3. The molecule has 0 unspecified atom stereocenters. The summed E-state index contributed by atoms with van der Waals surface area (Å²) in [5, 5.41) is 0. The van der Waals surface area contributed by atoms with Crippen LogP contribution in [-0.4, -0.2) is 33.5 Å². The van der Waals surface area contributed by atoms with E-state index in [0.717, 1.165) is 11.0 Å². The van der Waals surface area contributed by atoms with Gasteiger partial charge in [-0.25, -0.2) is 4.79 Å². The van der Waals surface area contributed by atoms with Gasteiger partial charge < -0.3 is 4.90 Å². The highest BCUT2D eigenvalue weighted by Crippen LogP contribution is 2.12. The van der Waals surface area contributed by atoms with E-state index in [-0.39, 0.29) is 18.1 Å². The number of para-hydroxylation sites is 2. The van der Waals surface area contributed by atoms with Crippen molar-refractivity contribution < 1.29 is 4.79 Å². The number of nitrogens with zero attached hydrogens (tertiary/aromatic N) is 3.